The molecule has 2 rings (SSSR count). The number of carbonyl (C=O) groups is 1. The van der Waals surface area contributed by atoms with E-state index in [4.69, 9.17) is 0 Å². The third kappa shape index (κ3) is 3.95. The van der Waals surface area contributed by atoms with Crippen molar-refractivity contribution in [3.8, 4) is 0 Å². The van der Waals surface area contributed by atoms with E-state index in [2.05, 4.69) is 22.2 Å². The molecule has 1 amide bonds. The second-order valence-electron chi connectivity index (χ2n) is 4.30. The third-order valence-corrected chi connectivity index (χ3v) is 2.75. The van der Waals surface area contributed by atoms with E-state index < -0.39 is 0 Å². The standard InChI is InChI=1S/C16H17N3O/c1-2-8-18-16(20)14-9-15(12-17-11-14)19-10-13-6-4-3-5-7-13/h2-7,9,11-12,19H,1,8,10H2,(H,18,20). The molecule has 1 aromatic heterocycles. The molecule has 0 fully saturated rings. The van der Waals surface area contributed by atoms with Gasteiger partial charge >= 0.3 is 0 Å². The summed E-state index contributed by atoms with van der Waals surface area (Å²) in [6, 6.07) is 11.8. The minimum absolute atomic E-state index is 0.152. The number of amides is 1. The smallest absolute Gasteiger partial charge is 0.253 e. The lowest BCUT2D eigenvalue weighted by molar-refractivity contribution is 0.0957. The zero-order valence-electron chi connectivity index (χ0n) is 11.2. The lowest BCUT2D eigenvalue weighted by Crippen LogP contribution is -2.23. The summed E-state index contributed by atoms with van der Waals surface area (Å²) in [6.45, 7) is 4.70. The zero-order valence-corrected chi connectivity index (χ0v) is 11.2. The first-order valence-corrected chi connectivity index (χ1v) is 6.41. The highest BCUT2D eigenvalue weighted by atomic mass is 16.1. The highest BCUT2D eigenvalue weighted by Gasteiger charge is 2.05. The summed E-state index contributed by atoms with van der Waals surface area (Å²) in [5.74, 6) is -0.152. The van der Waals surface area contributed by atoms with Crippen molar-refractivity contribution in [2.45, 2.75) is 6.54 Å². The number of benzene rings is 1. The molecular weight excluding hydrogens is 250 g/mol. The average molecular weight is 267 g/mol. The number of hydrogen-bond acceptors (Lipinski definition) is 3. The maximum absolute atomic E-state index is 11.8. The van der Waals surface area contributed by atoms with Crippen LogP contribution in [0.2, 0.25) is 0 Å². The fraction of sp³-hybridized carbons (Fsp3) is 0.125. The minimum Gasteiger partial charge on any atom is -0.380 e. The van der Waals surface area contributed by atoms with Crippen LogP contribution in [0.4, 0.5) is 5.69 Å². The molecule has 2 aromatic rings. The predicted octanol–water partition coefficient (Wildman–Crippen LogP) is 2.61. The number of carbonyl (C=O) groups excluding carboxylic acids is 1. The van der Waals surface area contributed by atoms with Gasteiger partial charge in [0, 0.05) is 25.5 Å². The Morgan fingerprint density at radius 1 is 1.25 bits per heavy atom. The molecule has 4 nitrogen and oxygen atoms in total. The van der Waals surface area contributed by atoms with Gasteiger partial charge in [-0.1, -0.05) is 36.4 Å². The first-order valence-electron chi connectivity index (χ1n) is 6.41. The molecule has 20 heavy (non-hydrogen) atoms. The molecule has 0 atom stereocenters. The third-order valence-electron chi connectivity index (χ3n) is 2.75. The van der Waals surface area contributed by atoms with Crippen LogP contribution < -0.4 is 10.6 Å². The Bertz CT molecular complexity index is 581. The van der Waals surface area contributed by atoms with E-state index in [0.717, 1.165) is 5.69 Å². The number of pyridine rings is 1. The molecule has 0 bridgehead atoms. The van der Waals surface area contributed by atoms with E-state index in [9.17, 15) is 4.79 Å². The first kappa shape index (κ1) is 13.8. The SMILES string of the molecule is C=CCNC(=O)c1cncc(NCc2ccccc2)c1. The van der Waals surface area contributed by atoms with Gasteiger partial charge in [0.15, 0.2) is 0 Å². The van der Waals surface area contributed by atoms with Crippen molar-refractivity contribution in [3.63, 3.8) is 0 Å². The molecule has 0 radical (unpaired) electrons. The minimum atomic E-state index is -0.152. The Labute approximate surface area is 118 Å². The summed E-state index contributed by atoms with van der Waals surface area (Å²) in [5, 5.41) is 5.97. The molecule has 1 aromatic carbocycles. The summed E-state index contributed by atoms with van der Waals surface area (Å²) in [7, 11) is 0. The maximum atomic E-state index is 11.8. The van der Waals surface area contributed by atoms with Gasteiger partial charge in [-0.15, -0.1) is 6.58 Å². The molecule has 0 aliphatic heterocycles. The lowest BCUT2D eigenvalue weighted by Gasteiger charge is -2.08. The van der Waals surface area contributed by atoms with Crippen molar-refractivity contribution in [1.29, 1.82) is 0 Å². The highest BCUT2D eigenvalue weighted by molar-refractivity contribution is 5.94. The van der Waals surface area contributed by atoms with Crippen molar-refractivity contribution in [2.75, 3.05) is 11.9 Å². The zero-order chi connectivity index (χ0) is 14.2. The van der Waals surface area contributed by atoms with Crippen molar-refractivity contribution in [3.05, 3.63) is 72.6 Å². The maximum Gasteiger partial charge on any atom is 0.253 e. The quantitative estimate of drug-likeness (QED) is 0.791. The van der Waals surface area contributed by atoms with E-state index in [0.29, 0.717) is 18.7 Å². The molecular formula is C16H17N3O. The molecule has 2 N–H and O–H groups in total. The second kappa shape index (κ2) is 7.09. The fourth-order valence-electron chi connectivity index (χ4n) is 1.73. The summed E-state index contributed by atoms with van der Waals surface area (Å²) in [4.78, 5) is 15.9. The Morgan fingerprint density at radius 3 is 2.80 bits per heavy atom. The van der Waals surface area contributed by atoms with Crippen LogP contribution in [0.5, 0.6) is 0 Å². The summed E-state index contributed by atoms with van der Waals surface area (Å²) in [5.41, 5.74) is 2.53. The molecule has 0 unspecified atom stereocenters. The Balaban J connectivity index is 1.99. The topological polar surface area (TPSA) is 54.0 Å². The number of hydrogen-bond donors (Lipinski definition) is 2. The van der Waals surface area contributed by atoms with Gasteiger partial charge in [0.2, 0.25) is 0 Å². The summed E-state index contributed by atoms with van der Waals surface area (Å²) >= 11 is 0. The first-order chi connectivity index (χ1) is 9.79. The van der Waals surface area contributed by atoms with Gasteiger partial charge in [-0.3, -0.25) is 9.78 Å². The van der Waals surface area contributed by atoms with Crippen LogP contribution >= 0.6 is 0 Å². The molecule has 4 heteroatoms. The lowest BCUT2D eigenvalue weighted by atomic mass is 10.2. The monoisotopic (exact) mass is 267 g/mol. The summed E-state index contributed by atoms with van der Waals surface area (Å²) in [6.07, 6.45) is 4.89. The molecule has 0 saturated carbocycles. The Hall–Kier alpha value is -2.62. The largest absolute Gasteiger partial charge is 0.380 e. The van der Waals surface area contributed by atoms with Crippen molar-refractivity contribution in [2.24, 2.45) is 0 Å². The van der Waals surface area contributed by atoms with Crippen LogP contribution in [-0.4, -0.2) is 17.4 Å². The average Bonchev–Trinajstić information content (AvgIpc) is 2.52. The molecule has 1 heterocycles. The number of aromatic nitrogens is 1. The van der Waals surface area contributed by atoms with Crippen molar-refractivity contribution < 1.29 is 4.79 Å². The van der Waals surface area contributed by atoms with Crippen molar-refractivity contribution in [1.82, 2.24) is 10.3 Å². The van der Waals surface area contributed by atoms with E-state index in [-0.39, 0.29) is 5.91 Å². The number of nitrogens with one attached hydrogen (secondary N) is 2. The van der Waals surface area contributed by atoms with Crippen LogP contribution in [0.3, 0.4) is 0 Å². The van der Waals surface area contributed by atoms with Gasteiger partial charge in [-0.25, -0.2) is 0 Å². The number of anilines is 1. The van der Waals surface area contributed by atoms with E-state index >= 15 is 0 Å². The van der Waals surface area contributed by atoms with Gasteiger partial charge in [0.1, 0.15) is 0 Å². The molecule has 0 aliphatic carbocycles. The van der Waals surface area contributed by atoms with Crippen LogP contribution in [-0.2, 0) is 6.54 Å². The summed E-state index contributed by atoms with van der Waals surface area (Å²) < 4.78 is 0. The normalized spacial score (nSPS) is 9.80. The number of rotatable bonds is 6. The Kier molecular flexibility index (Phi) is 4.89. The number of nitrogens with zero attached hydrogens (tertiary/aromatic N) is 1. The van der Waals surface area contributed by atoms with Crippen LogP contribution in [0, 0.1) is 0 Å². The fourth-order valence-corrected chi connectivity index (χ4v) is 1.73. The van der Waals surface area contributed by atoms with Gasteiger partial charge in [-0.05, 0) is 11.6 Å². The van der Waals surface area contributed by atoms with Crippen LogP contribution in [0.25, 0.3) is 0 Å². The van der Waals surface area contributed by atoms with E-state index in [1.54, 1.807) is 24.5 Å². The predicted molar refractivity (Wildman–Crippen MR) is 80.5 cm³/mol. The Morgan fingerprint density at radius 2 is 2.05 bits per heavy atom. The van der Waals surface area contributed by atoms with Crippen LogP contribution in [0.15, 0.2) is 61.4 Å². The molecule has 0 saturated heterocycles. The second-order valence-corrected chi connectivity index (χ2v) is 4.30. The van der Waals surface area contributed by atoms with Gasteiger partial charge in [0.25, 0.3) is 5.91 Å². The molecule has 102 valence electrons. The van der Waals surface area contributed by atoms with Crippen molar-refractivity contribution >= 4 is 11.6 Å². The van der Waals surface area contributed by atoms with Gasteiger partial charge < -0.3 is 10.6 Å². The molecule has 0 aliphatic rings. The van der Waals surface area contributed by atoms with E-state index in [1.165, 1.54) is 5.56 Å². The van der Waals surface area contributed by atoms with Crippen LogP contribution in [0.1, 0.15) is 15.9 Å². The highest BCUT2D eigenvalue weighted by Crippen LogP contribution is 2.10. The van der Waals surface area contributed by atoms with Gasteiger partial charge in [0.05, 0.1) is 11.3 Å². The van der Waals surface area contributed by atoms with E-state index in [1.807, 2.05) is 30.3 Å². The van der Waals surface area contributed by atoms with Gasteiger partial charge in [-0.2, -0.15) is 0 Å². The molecule has 0 spiro atoms.